The highest BCUT2D eigenvalue weighted by molar-refractivity contribution is 9.10. The van der Waals surface area contributed by atoms with Gasteiger partial charge in [-0.25, -0.2) is 0 Å². The Hall–Kier alpha value is -1.53. The number of halogens is 1. The SMILES string of the molecule is C#CCCCNc1cccc2cc(Br)cnc12. The second kappa shape index (κ2) is 5.70. The van der Waals surface area contributed by atoms with Gasteiger partial charge >= 0.3 is 0 Å². The molecule has 2 nitrogen and oxygen atoms in total. The lowest BCUT2D eigenvalue weighted by molar-refractivity contribution is 0.908. The van der Waals surface area contributed by atoms with E-state index in [2.05, 4.69) is 44.3 Å². The predicted octanol–water partition coefficient (Wildman–Crippen LogP) is 3.82. The van der Waals surface area contributed by atoms with Crippen LogP contribution in [0.25, 0.3) is 10.9 Å². The molecule has 17 heavy (non-hydrogen) atoms. The van der Waals surface area contributed by atoms with E-state index >= 15 is 0 Å². The minimum absolute atomic E-state index is 0.802. The largest absolute Gasteiger partial charge is 0.383 e. The van der Waals surface area contributed by atoms with Crippen LogP contribution in [0.3, 0.4) is 0 Å². The number of nitrogens with one attached hydrogen (secondary N) is 1. The molecule has 0 radical (unpaired) electrons. The number of aromatic nitrogens is 1. The van der Waals surface area contributed by atoms with Gasteiger partial charge in [-0.05, 0) is 34.5 Å². The first kappa shape index (κ1) is 11.9. The molecular formula is C14H13BrN2. The maximum atomic E-state index is 5.22. The third kappa shape index (κ3) is 2.98. The van der Waals surface area contributed by atoms with Crippen LogP contribution >= 0.6 is 15.9 Å². The Labute approximate surface area is 110 Å². The molecule has 0 saturated heterocycles. The molecule has 0 unspecified atom stereocenters. The third-order valence-electron chi connectivity index (χ3n) is 2.49. The van der Waals surface area contributed by atoms with Crippen LogP contribution < -0.4 is 5.32 Å². The minimum Gasteiger partial charge on any atom is -0.383 e. The van der Waals surface area contributed by atoms with E-state index < -0.39 is 0 Å². The molecule has 0 aliphatic rings. The zero-order valence-corrected chi connectivity index (χ0v) is 11.0. The van der Waals surface area contributed by atoms with Crippen LogP contribution in [0.4, 0.5) is 5.69 Å². The number of hydrogen-bond donors (Lipinski definition) is 1. The molecule has 1 aromatic heterocycles. The smallest absolute Gasteiger partial charge is 0.0934 e. The lowest BCUT2D eigenvalue weighted by atomic mass is 10.2. The number of para-hydroxylation sites is 1. The number of terminal acetylenes is 1. The minimum atomic E-state index is 0.802. The molecule has 0 saturated carbocycles. The molecule has 1 N–H and O–H groups in total. The van der Waals surface area contributed by atoms with Gasteiger partial charge in [-0.1, -0.05) is 12.1 Å². The number of fused-ring (bicyclic) bond motifs is 1. The lowest BCUT2D eigenvalue weighted by Crippen LogP contribution is -2.02. The van der Waals surface area contributed by atoms with E-state index in [4.69, 9.17) is 6.42 Å². The Morgan fingerprint density at radius 3 is 3.12 bits per heavy atom. The normalized spacial score (nSPS) is 10.1. The van der Waals surface area contributed by atoms with Gasteiger partial charge in [0.25, 0.3) is 0 Å². The van der Waals surface area contributed by atoms with Gasteiger partial charge in [0.1, 0.15) is 0 Å². The van der Waals surface area contributed by atoms with Gasteiger partial charge in [0.15, 0.2) is 0 Å². The van der Waals surface area contributed by atoms with Crippen molar-refractivity contribution in [1.29, 1.82) is 0 Å². The highest BCUT2D eigenvalue weighted by Crippen LogP contribution is 2.23. The van der Waals surface area contributed by atoms with Crippen molar-refractivity contribution in [2.75, 3.05) is 11.9 Å². The molecule has 2 rings (SSSR count). The first-order valence-electron chi connectivity index (χ1n) is 5.53. The number of unbranched alkanes of at least 4 members (excludes halogenated alkanes) is 1. The van der Waals surface area contributed by atoms with E-state index in [0.717, 1.165) is 40.4 Å². The van der Waals surface area contributed by atoms with Gasteiger partial charge in [-0.2, -0.15) is 0 Å². The molecule has 0 fully saturated rings. The number of rotatable bonds is 4. The molecule has 86 valence electrons. The quantitative estimate of drug-likeness (QED) is 0.683. The fourth-order valence-electron chi connectivity index (χ4n) is 1.69. The van der Waals surface area contributed by atoms with Crippen LogP contribution in [0.5, 0.6) is 0 Å². The monoisotopic (exact) mass is 288 g/mol. The number of hydrogen-bond acceptors (Lipinski definition) is 2. The van der Waals surface area contributed by atoms with E-state index in [-0.39, 0.29) is 0 Å². The Morgan fingerprint density at radius 1 is 1.41 bits per heavy atom. The standard InChI is InChI=1S/C14H13BrN2/c1-2-3-4-8-16-13-7-5-6-11-9-12(15)10-17-14(11)13/h1,5-7,9-10,16H,3-4,8H2. The zero-order valence-electron chi connectivity index (χ0n) is 9.41. The van der Waals surface area contributed by atoms with Gasteiger partial charge in [-0.3, -0.25) is 4.98 Å². The van der Waals surface area contributed by atoms with Gasteiger partial charge in [0.05, 0.1) is 11.2 Å². The first-order chi connectivity index (χ1) is 8.31. The second-order valence-electron chi connectivity index (χ2n) is 3.77. The number of anilines is 1. The molecule has 0 amide bonds. The molecule has 0 spiro atoms. The second-order valence-corrected chi connectivity index (χ2v) is 4.68. The summed E-state index contributed by atoms with van der Waals surface area (Å²) in [6, 6.07) is 8.19. The fraction of sp³-hybridized carbons (Fsp3) is 0.214. The van der Waals surface area contributed by atoms with E-state index in [1.807, 2.05) is 18.3 Å². The molecule has 1 aromatic carbocycles. The molecule has 3 heteroatoms. The van der Waals surface area contributed by atoms with E-state index in [9.17, 15) is 0 Å². The Balaban J connectivity index is 2.20. The maximum absolute atomic E-state index is 5.22. The van der Waals surface area contributed by atoms with Crippen molar-refractivity contribution >= 4 is 32.5 Å². The number of nitrogens with zero attached hydrogens (tertiary/aromatic N) is 1. The average Bonchev–Trinajstić information content (AvgIpc) is 2.34. The lowest BCUT2D eigenvalue weighted by Gasteiger charge is -2.08. The first-order valence-corrected chi connectivity index (χ1v) is 6.32. The van der Waals surface area contributed by atoms with Crippen molar-refractivity contribution in [3.63, 3.8) is 0 Å². The topological polar surface area (TPSA) is 24.9 Å². The van der Waals surface area contributed by atoms with Crippen molar-refractivity contribution in [3.8, 4) is 12.3 Å². The number of pyridine rings is 1. The Bertz CT molecular complexity index is 558. The van der Waals surface area contributed by atoms with Gasteiger partial charge < -0.3 is 5.32 Å². The fourth-order valence-corrected chi connectivity index (χ4v) is 2.04. The van der Waals surface area contributed by atoms with E-state index in [1.54, 1.807) is 0 Å². The van der Waals surface area contributed by atoms with Crippen molar-refractivity contribution in [2.45, 2.75) is 12.8 Å². The summed E-state index contributed by atoms with van der Waals surface area (Å²) in [4.78, 5) is 4.43. The molecule has 2 aromatic rings. The molecule has 0 bridgehead atoms. The molecule has 0 atom stereocenters. The van der Waals surface area contributed by atoms with Crippen molar-refractivity contribution < 1.29 is 0 Å². The van der Waals surface area contributed by atoms with Crippen LogP contribution in [0.15, 0.2) is 34.9 Å². The Kier molecular flexibility index (Phi) is 4.00. The average molecular weight is 289 g/mol. The summed E-state index contributed by atoms with van der Waals surface area (Å²) in [5.74, 6) is 2.64. The molecule has 1 heterocycles. The van der Waals surface area contributed by atoms with E-state index in [0.29, 0.717) is 0 Å². The van der Waals surface area contributed by atoms with Crippen LogP contribution in [-0.4, -0.2) is 11.5 Å². The molecule has 0 aliphatic carbocycles. The van der Waals surface area contributed by atoms with Gasteiger partial charge in [0, 0.05) is 29.0 Å². The summed E-state index contributed by atoms with van der Waals surface area (Å²) >= 11 is 3.43. The van der Waals surface area contributed by atoms with Crippen molar-refractivity contribution in [1.82, 2.24) is 4.98 Å². The van der Waals surface area contributed by atoms with Gasteiger partial charge in [0.2, 0.25) is 0 Å². The van der Waals surface area contributed by atoms with Crippen LogP contribution in [-0.2, 0) is 0 Å². The van der Waals surface area contributed by atoms with Crippen LogP contribution in [0.1, 0.15) is 12.8 Å². The van der Waals surface area contributed by atoms with E-state index in [1.165, 1.54) is 0 Å². The van der Waals surface area contributed by atoms with Crippen molar-refractivity contribution in [3.05, 3.63) is 34.9 Å². The Morgan fingerprint density at radius 2 is 2.29 bits per heavy atom. The summed E-state index contributed by atoms with van der Waals surface area (Å²) in [6.45, 7) is 0.876. The highest BCUT2D eigenvalue weighted by atomic mass is 79.9. The summed E-state index contributed by atoms with van der Waals surface area (Å²) in [5.41, 5.74) is 2.06. The van der Waals surface area contributed by atoms with Crippen molar-refractivity contribution in [2.24, 2.45) is 0 Å². The maximum Gasteiger partial charge on any atom is 0.0934 e. The molecular weight excluding hydrogens is 276 g/mol. The van der Waals surface area contributed by atoms with Gasteiger partial charge in [-0.15, -0.1) is 12.3 Å². The zero-order chi connectivity index (χ0) is 12.1. The highest BCUT2D eigenvalue weighted by Gasteiger charge is 2.01. The molecule has 0 aliphatic heterocycles. The predicted molar refractivity (Wildman–Crippen MR) is 76.0 cm³/mol. The summed E-state index contributed by atoms with van der Waals surface area (Å²) in [7, 11) is 0. The summed E-state index contributed by atoms with van der Waals surface area (Å²) in [5, 5.41) is 4.49. The summed E-state index contributed by atoms with van der Waals surface area (Å²) < 4.78 is 0.995. The van der Waals surface area contributed by atoms with Crippen LogP contribution in [0, 0.1) is 12.3 Å². The third-order valence-corrected chi connectivity index (χ3v) is 2.92. The summed E-state index contributed by atoms with van der Waals surface area (Å²) in [6.07, 6.45) is 8.81. The number of benzene rings is 1. The van der Waals surface area contributed by atoms with Crippen LogP contribution in [0.2, 0.25) is 0 Å².